The number of Topliss-reactive ketones (excluding diaryl/α,β-unsaturated/α-hetero) is 1. The Labute approximate surface area is 175 Å². The molecule has 0 aliphatic heterocycles. The Hall–Kier alpha value is -2.17. The molecule has 0 heterocycles. The number of carbonyl (C=O) groups excluding carboxylic acids is 1. The van der Waals surface area contributed by atoms with Crippen molar-refractivity contribution in [2.24, 2.45) is 5.92 Å². The number of rotatable bonds is 7. The zero-order valence-electron chi connectivity index (χ0n) is 17.3. The molecule has 1 nitrogen and oxygen atoms in total. The summed E-state index contributed by atoms with van der Waals surface area (Å²) in [6, 6.07) is 11.8. The highest BCUT2D eigenvalue weighted by molar-refractivity contribution is 5.92. The first-order valence-corrected chi connectivity index (χ1v) is 10.7. The van der Waals surface area contributed by atoms with Crippen molar-refractivity contribution in [3.8, 4) is 0 Å². The van der Waals surface area contributed by atoms with Gasteiger partial charge in [0.2, 0.25) is 0 Å². The van der Waals surface area contributed by atoms with Gasteiger partial charge < -0.3 is 0 Å². The fourth-order valence-corrected chi connectivity index (χ4v) is 4.74. The van der Waals surface area contributed by atoms with Gasteiger partial charge in [-0.3, -0.25) is 4.79 Å². The standard InChI is InChI=1S/C25H28F4O/c1-18(8-5-9-19-10-6-12-21(16-19)25(27,28)29)23(30)24(14-3-2-4-15-24)20-11-7-13-22(26)17-20/h6-7,10-13,16-18H,2-5,8-9,14-15H2,1H3. The lowest BCUT2D eigenvalue weighted by molar-refractivity contribution is -0.137. The molecule has 0 amide bonds. The first-order valence-electron chi connectivity index (χ1n) is 10.7. The van der Waals surface area contributed by atoms with Gasteiger partial charge in [0.05, 0.1) is 11.0 Å². The molecule has 162 valence electrons. The van der Waals surface area contributed by atoms with E-state index in [9.17, 15) is 22.4 Å². The molecule has 5 heteroatoms. The van der Waals surface area contributed by atoms with Crippen LogP contribution in [-0.2, 0) is 22.8 Å². The molecular formula is C25H28F4O. The van der Waals surface area contributed by atoms with E-state index in [1.807, 2.05) is 13.0 Å². The average molecular weight is 420 g/mol. The molecule has 0 saturated heterocycles. The third-order valence-corrected chi connectivity index (χ3v) is 6.36. The van der Waals surface area contributed by atoms with Crippen LogP contribution in [0.1, 0.15) is 68.6 Å². The van der Waals surface area contributed by atoms with Crippen LogP contribution in [0.25, 0.3) is 0 Å². The maximum absolute atomic E-state index is 13.9. The van der Waals surface area contributed by atoms with E-state index in [4.69, 9.17) is 0 Å². The van der Waals surface area contributed by atoms with Crippen LogP contribution in [0.15, 0.2) is 48.5 Å². The third-order valence-electron chi connectivity index (χ3n) is 6.36. The molecule has 3 rings (SSSR count). The number of carbonyl (C=O) groups is 1. The molecule has 0 bridgehead atoms. The highest BCUT2D eigenvalue weighted by Crippen LogP contribution is 2.42. The van der Waals surface area contributed by atoms with Crippen molar-refractivity contribution < 1.29 is 22.4 Å². The lowest BCUT2D eigenvalue weighted by Crippen LogP contribution is -2.41. The number of ketones is 1. The lowest BCUT2D eigenvalue weighted by Gasteiger charge is -2.38. The van der Waals surface area contributed by atoms with Gasteiger partial charge in [-0.15, -0.1) is 0 Å². The maximum Gasteiger partial charge on any atom is 0.416 e. The lowest BCUT2D eigenvalue weighted by atomic mass is 9.64. The van der Waals surface area contributed by atoms with E-state index in [2.05, 4.69) is 0 Å². The third kappa shape index (κ3) is 5.11. The summed E-state index contributed by atoms with van der Waals surface area (Å²) >= 11 is 0. The minimum atomic E-state index is -4.35. The van der Waals surface area contributed by atoms with E-state index in [1.54, 1.807) is 12.1 Å². The summed E-state index contributed by atoms with van der Waals surface area (Å²) in [4.78, 5) is 13.5. The summed E-state index contributed by atoms with van der Waals surface area (Å²) in [5.74, 6) is -0.420. The zero-order chi connectivity index (χ0) is 21.8. The van der Waals surface area contributed by atoms with Crippen molar-refractivity contribution in [1.82, 2.24) is 0 Å². The number of benzene rings is 2. The molecule has 0 N–H and O–H groups in total. The van der Waals surface area contributed by atoms with Crippen molar-refractivity contribution in [3.05, 3.63) is 71.0 Å². The molecule has 30 heavy (non-hydrogen) atoms. The predicted octanol–water partition coefficient (Wildman–Crippen LogP) is 7.27. The summed E-state index contributed by atoms with van der Waals surface area (Å²) in [5, 5.41) is 0. The van der Waals surface area contributed by atoms with Gasteiger partial charge in [0.25, 0.3) is 0 Å². The summed E-state index contributed by atoms with van der Waals surface area (Å²) < 4.78 is 52.5. The average Bonchev–Trinajstić information content (AvgIpc) is 2.73. The van der Waals surface area contributed by atoms with Crippen LogP contribution in [0.4, 0.5) is 17.6 Å². The van der Waals surface area contributed by atoms with Crippen LogP contribution in [0.3, 0.4) is 0 Å². The van der Waals surface area contributed by atoms with Crippen LogP contribution in [0, 0.1) is 11.7 Å². The molecule has 1 atom stereocenters. The molecular weight excluding hydrogens is 392 g/mol. The number of aryl methyl sites for hydroxylation is 1. The Morgan fingerprint density at radius 3 is 2.40 bits per heavy atom. The van der Waals surface area contributed by atoms with E-state index in [1.165, 1.54) is 24.3 Å². The zero-order valence-corrected chi connectivity index (χ0v) is 17.3. The summed E-state index contributed by atoms with van der Waals surface area (Å²) in [6.07, 6.45) is 1.80. The van der Waals surface area contributed by atoms with E-state index in [0.29, 0.717) is 24.8 Å². The molecule has 1 aliphatic rings. The molecule has 0 radical (unpaired) electrons. The molecule has 2 aromatic rings. The molecule has 1 fully saturated rings. The highest BCUT2D eigenvalue weighted by Gasteiger charge is 2.42. The molecule has 1 aliphatic carbocycles. The predicted molar refractivity (Wildman–Crippen MR) is 110 cm³/mol. The van der Waals surface area contributed by atoms with Gasteiger partial charge >= 0.3 is 6.18 Å². The number of alkyl halides is 3. The summed E-state index contributed by atoms with van der Waals surface area (Å²) in [6.45, 7) is 1.89. The minimum absolute atomic E-state index is 0.136. The van der Waals surface area contributed by atoms with E-state index in [0.717, 1.165) is 43.7 Å². The largest absolute Gasteiger partial charge is 0.416 e. The quantitative estimate of drug-likeness (QED) is 0.430. The van der Waals surface area contributed by atoms with Gasteiger partial charge in [-0.25, -0.2) is 4.39 Å². The fourth-order valence-electron chi connectivity index (χ4n) is 4.74. The van der Waals surface area contributed by atoms with Gasteiger partial charge in [0, 0.05) is 5.92 Å². The second-order valence-corrected chi connectivity index (χ2v) is 8.51. The first kappa shape index (κ1) is 22.5. The summed E-state index contributed by atoms with van der Waals surface area (Å²) in [5.41, 5.74) is 0.103. The topological polar surface area (TPSA) is 17.1 Å². The molecule has 1 saturated carbocycles. The smallest absolute Gasteiger partial charge is 0.298 e. The van der Waals surface area contributed by atoms with Crippen molar-refractivity contribution in [1.29, 1.82) is 0 Å². The van der Waals surface area contributed by atoms with Crippen molar-refractivity contribution >= 4 is 5.78 Å². The van der Waals surface area contributed by atoms with Gasteiger partial charge in [-0.05, 0) is 61.4 Å². The van der Waals surface area contributed by atoms with Crippen LogP contribution in [0.2, 0.25) is 0 Å². The van der Waals surface area contributed by atoms with Gasteiger partial charge in [0.15, 0.2) is 0 Å². The Morgan fingerprint density at radius 1 is 1.03 bits per heavy atom. The monoisotopic (exact) mass is 420 g/mol. The van der Waals surface area contributed by atoms with E-state index in [-0.39, 0.29) is 17.5 Å². The molecule has 1 unspecified atom stereocenters. The second kappa shape index (κ2) is 9.32. The van der Waals surface area contributed by atoms with Crippen LogP contribution < -0.4 is 0 Å². The fraction of sp³-hybridized carbons (Fsp3) is 0.480. The van der Waals surface area contributed by atoms with Gasteiger partial charge in [-0.1, -0.05) is 56.5 Å². The Kier molecular flexibility index (Phi) is 6.99. The number of hydrogen-bond acceptors (Lipinski definition) is 1. The molecule has 0 spiro atoms. The van der Waals surface area contributed by atoms with Gasteiger partial charge in [-0.2, -0.15) is 13.2 Å². The number of hydrogen-bond donors (Lipinski definition) is 0. The molecule has 0 aromatic heterocycles. The molecule has 2 aromatic carbocycles. The Bertz CT molecular complexity index is 865. The van der Waals surface area contributed by atoms with Crippen molar-refractivity contribution in [2.45, 2.75) is 69.9 Å². The minimum Gasteiger partial charge on any atom is -0.298 e. The number of halogens is 4. The Balaban J connectivity index is 1.68. The summed E-state index contributed by atoms with van der Waals surface area (Å²) in [7, 11) is 0. The van der Waals surface area contributed by atoms with E-state index >= 15 is 0 Å². The second-order valence-electron chi connectivity index (χ2n) is 8.51. The normalized spacial score (nSPS) is 17.5. The Morgan fingerprint density at radius 2 is 1.73 bits per heavy atom. The van der Waals surface area contributed by atoms with Crippen molar-refractivity contribution in [2.75, 3.05) is 0 Å². The first-order chi connectivity index (χ1) is 14.2. The highest BCUT2D eigenvalue weighted by atomic mass is 19.4. The van der Waals surface area contributed by atoms with Crippen LogP contribution in [-0.4, -0.2) is 5.78 Å². The SMILES string of the molecule is CC(CCCc1cccc(C(F)(F)F)c1)C(=O)C1(c2cccc(F)c2)CCCCC1. The van der Waals surface area contributed by atoms with Crippen molar-refractivity contribution in [3.63, 3.8) is 0 Å². The van der Waals surface area contributed by atoms with Crippen LogP contribution in [0.5, 0.6) is 0 Å². The van der Waals surface area contributed by atoms with Gasteiger partial charge in [0.1, 0.15) is 11.6 Å². The van der Waals surface area contributed by atoms with E-state index < -0.39 is 17.2 Å². The maximum atomic E-state index is 13.9. The van der Waals surface area contributed by atoms with Crippen LogP contribution >= 0.6 is 0 Å².